The Morgan fingerprint density at radius 2 is 2.15 bits per heavy atom. The number of nitrogens with zero attached hydrogens (tertiary/aromatic N) is 1. The van der Waals surface area contributed by atoms with Crippen LogP contribution in [0, 0.1) is 0 Å². The van der Waals surface area contributed by atoms with Crippen LogP contribution in [-0.4, -0.2) is 22.0 Å². The number of nitrogen functional groups attached to an aromatic ring is 1. The molecule has 4 N–H and O–H groups in total. The SMILES string of the molecule is CC(=O)Oc1cc(O)cc(C(=O)Nc2coc(N)n2)c1. The van der Waals surface area contributed by atoms with Crippen LogP contribution in [0.2, 0.25) is 0 Å². The predicted molar refractivity (Wildman–Crippen MR) is 68.3 cm³/mol. The summed E-state index contributed by atoms with van der Waals surface area (Å²) in [7, 11) is 0. The molecule has 8 heteroatoms. The lowest BCUT2D eigenvalue weighted by molar-refractivity contribution is -0.131. The molecule has 0 saturated heterocycles. The number of rotatable bonds is 3. The average Bonchev–Trinajstić information content (AvgIpc) is 2.73. The highest BCUT2D eigenvalue weighted by molar-refractivity contribution is 6.04. The fourth-order valence-corrected chi connectivity index (χ4v) is 1.47. The minimum atomic E-state index is -0.567. The molecule has 2 aromatic rings. The number of hydrogen-bond donors (Lipinski definition) is 3. The maximum Gasteiger partial charge on any atom is 0.308 e. The van der Waals surface area contributed by atoms with Crippen LogP contribution >= 0.6 is 0 Å². The lowest BCUT2D eigenvalue weighted by atomic mass is 10.2. The minimum Gasteiger partial charge on any atom is -0.508 e. The molecule has 104 valence electrons. The standard InChI is InChI=1S/C12H11N3O5/c1-6(16)20-9-3-7(2-8(17)4-9)11(18)14-10-5-19-12(13)15-10/h2-5,17H,1H3,(H2,13,15)(H,14,18). The number of carbonyl (C=O) groups excluding carboxylic acids is 2. The molecular formula is C12H11N3O5. The number of aromatic nitrogens is 1. The van der Waals surface area contributed by atoms with E-state index in [9.17, 15) is 14.7 Å². The molecule has 1 aromatic carbocycles. The summed E-state index contributed by atoms with van der Waals surface area (Å²) in [5.41, 5.74) is 5.36. The Hall–Kier alpha value is -3.03. The van der Waals surface area contributed by atoms with Gasteiger partial charge in [0.05, 0.1) is 0 Å². The molecule has 20 heavy (non-hydrogen) atoms. The van der Waals surface area contributed by atoms with Crippen LogP contribution in [0.4, 0.5) is 11.8 Å². The van der Waals surface area contributed by atoms with Gasteiger partial charge in [0.15, 0.2) is 5.82 Å². The van der Waals surface area contributed by atoms with Crippen molar-refractivity contribution in [2.75, 3.05) is 11.1 Å². The van der Waals surface area contributed by atoms with E-state index in [1.54, 1.807) is 0 Å². The number of aromatic hydroxyl groups is 1. The van der Waals surface area contributed by atoms with E-state index in [2.05, 4.69) is 10.3 Å². The molecule has 1 heterocycles. The summed E-state index contributed by atoms with van der Waals surface area (Å²) in [6.45, 7) is 1.21. The van der Waals surface area contributed by atoms with Gasteiger partial charge >= 0.3 is 5.97 Å². The number of amides is 1. The Labute approximate surface area is 113 Å². The average molecular weight is 277 g/mol. The zero-order valence-electron chi connectivity index (χ0n) is 10.4. The van der Waals surface area contributed by atoms with Crippen molar-refractivity contribution in [1.29, 1.82) is 0 Å². The van der Waals surface area contributed by atoms with E-state index in [-0.39, 0.29) is 28.9 Å². The maximum absolute atomic E-state index is 11.9. The summed E-state index contributed by atoms with van der Waals surface area (Å²) in [5, 5.41) is 11.9. The molecule has 1 aromatic heterocycles. The monoisotopic (exact) mass is 277 g/mol. The first-order valence-corrected chi connectivity index (χ1v) is 5.49. The van der Waals surface area contributed by atoms with Crippen molar-refractivity contribution < 1.29 is 23.8 Å². The summed E-state index contributed by atoms with van der Waals surface area (Å²) in [5.74, 6) is -1.16. The lowest BCUT2D eigenvalue weighted by Crippen LogP contribution is -2.12. The van der Waals surface area contributed by atoms with Gasteiger partial charge in [-0.25, -0.2) is 0 Å². The smallest absolute Gasteiger partial charge is 0.308 e. The zero-order valence-corrected chi connectivity index (χ0v) is 10.4. The van der Waals surface area contributed by atoms with Crippen LogP contribution in [0.15, 0.2) is 28.9 Å². The van der Waals surface area contributed by atoms with E-state index in [0.29, 0.717) is 0 Å². The summed E-state index contributed by atoms with van der Waals surface area (Å²) in [6, 6.07) is 3.65. The number of phenolic OH excluding ortho intramolecular Hbond substituents is 1. The predicted octanol–water partition coefficient (Wildman–Crippen LogP) is 1.14. The molecule has 0 spiro atoms. The van der Waals surface area contributed by atoms with E-state index in [1.165, 1.54) is 31.4 Å². The molecular weight excluding hydrogens is 266 g/mol. The lowest BCUT2D eigenvalue weighted by Gasteiger charge is -2.06. The fraction of sp³-hybridized carbons (Fsp3) is 0.0833. The summed E-state index contributed by atoms with van der Waals surface area (Å²) < 4.78 is 9.54. The number of hydrogen-bond acceptors (Lipinski definition) is 7. The molecule has 0 unspecified atom stereocenters. The molecule has 0 aliphatic rings. The third-order valence-electron chi connectivity index (χ3n) is 2.18. The van der Waals surface area contributed by atoms with Crippen molar-refractivity contribution in [3.05, 3.63) is 30.0 Å². The molecule has 8 nitrogen and oxygen atoms in total. The summed E-state index contributed by atoms with van der Waals surface area (Å²) >= 11 is 0. The molecule has 0 saturated carbocycles. The van der Waals surface area contributed by atoms with Gasteiger partial charge in [-0.15, -0.1) is 0 Å². The number of ether oxygens (including phenoxy) is 1. The second kappa shape index (κ2) is 5.31. The number of nitrogens with two attached hydrogens (primary N) is 1. The third-order valence-corrected chi connectivity index (χ3v) is 2.18. The number of phenols is 1. The molecule has 1 amide bonds. The Morgan fingerprint density at radius 1 is 1.40 bits per heavy atom. The topological polar surface area (TPSA) is 128 Å². The first kappa shape index (κ1) is 13.4. The van der Waals surface area contributed by atoms with Crippen LogP contribution in [0.1, 0.15) is 17.3 Å². The van der Waals surface area contributed by atoms with Gasteiger partial charge in [0.25, 0.3) is 11.9 Å². The van der Waals surface area contributed by atoms with Gasteiger partial charge in [-0.3, -0.25) is 9.59 Å². The molecule has 0 bridgehead atoms. The minimum absolute atomic E-state index is 0.0577. The number of nitrogens with one attached hydrogen (secondary N) is 1. The van der Waals surface area contributed by atoms with Crippen molar-refractivity contribution in [2.24, 2.45) is 0 Å². The van der Waals surface area contributed by atoms with E-state index in [1.807, 2.05) is 0 Å². The fourth-order valence-electron chi connectivity index (χ4n) is 1.47. The van der Waals surface area contributed by atoms with E-state index >= 15 is 0 Å². The van der Waals surface area contributed by atoms with Gasteiger partial charge in [0.1, 0.15) is 17.8 Å². The van der Waals surface area contributed by atoms with E-state index in [4.69, 9.17) is 14.9 Å². The van der Waals surface area contributed by atoms with Gasteiger partial charge in [0.2, 0.25) is 0 Å². The van der Waals surface area contributed by atoms with E-state index < -0.39 is 11.9 Å². The quantitative estimate of drug-likeness (QED) is 0.566. The Bertz CT molecular complexity index is 665. The van der Waals surface area contributed by atoms with Crippen molar-refractivity contribution in [3.8, 4) is 11.5 Å². The van der Waals surface area contributed by atoms with Crippen LogP contribution < -0.4 is 15.8 Å². The number of oxazole rings is 1. The summed E-state index contributed by atoms with van der Waals surface area (Å²) in [6.07, 6.45) is 1.17. The molecule has 0 radical (unpaired) electrons. The molecule has 0 atom stereocenters. The first-order valence-electron chi connectivity index (χ1n) is 5.49. The summed E-state index contributed by atoms with van der Waals surface area (Å²) in [4.78, 5) is 26.5. The van der Waals surface area contributed by atoms with Gasteiger partial charge in [-0.1, -0.05) is 0 Å². The van der Waals surface area contributed by atoms with Crippen molar-refractivity contribution in [1.82, 2.24) is 4.98 Å². The largest absolute Gasteiger partial charge is 0.508 e. The second-order valence-corrected chi connectivity index (χ2v) is 3.83. The number of anilines is 2. The van der Waals surface area contributed by atoms with E-state index in [0.717, 1.165) is 0 Å². The normalized spacial score (nSPS) is 10.1. The Kier molecular flexibility index (Phi) is 3.56. The van der Waals surface area contributed by atoms with Crippen LogP contribution in [-0.2, 0) is 4.79 Å². The van der Waals surface area contributed by atoms with Crippen molar-refractivity contribution in [2.45, 2.75) is 6.92 Å². The first-order chi connectivity index (χ1) is 9.44. The zero-order chi connectivity index (χ0) is 14.7. The highest BCUT2D eigenvalue weighted by atomic mass is 16.5. The van der Waals surface area contributed by atoms with Gasteiger partial charge in [-0.05, 0) is 12.1 Å². The highest BCUT2D eigenvalue weighted by Gasteiger charge is 2.12. The Balaban J connectivity index is 2.20. The highest BCUT2D eigenvalue weighted by Crippen LogP contribution is 2.23. The second-order valence-electron chi connectivity index (χ2n) is 3.83. The van der Waals surface area contributed by atoms with Crippen molar-refractivity contribution >= 4 is 23.7 Å². The Morgan fingerprint density at radius 3 is 2.75 bits per heavy atom. The third kappa shape index (κ3) is 3.25. The van der Waals surface area contributed by atoms with Crippen LogP contribution in [0.3, 0.4) is 0 Å². The number of esters is 1. The van der Waals surface area contributed by atoms with Crippen LogP contribution in [0.25, 0.3) is 0 Å². The maximum atomic E-state index is 11.9. The molecule has 0 aliphatic heterocycles. The van der Waals surface area contributed by atoms with Crippen LogP contribution in [0.5, 0.6) is 11.5 Å². The van der Waals surface area contributed by atoms with Gasteiger partial charge in [-0.2, -0.15) is 4.98 Å². The van der Waals surface area contributed by atoms with Gasteiger partial charge < -0.3 is 25.3 Å². The number of benzene rings is 1. The number of carbonyl (C=O) groups is 2. The van der Waals surface area contributed by atoms with Crippen molar-refractivity contribution in [3.63, 3.8) is 0 Å². The molecule has 0 fully saturated rings. The molecule has 2 rings (SSSR count). The molecule has 0 aliphatic carbocycles. The van der Waals surface area contributed by atoms with Gasteiger partial charge in [0, 0.05) is 18.6 Å².